The van der Waals surface area contributed by atoms with E-state index in [1.54, 1.807) is 11.3 Å². The monoisotopic (exact) mass is 562 g/mol. The predicted molar refractivity (Wildman–Crippen MR) is 151 cm³/mol. The molecule has 2 aromatic heterocycles. The Morgan fingerprint density at radius 2 is 1.33 bits per heavy atom. The van der Waals surface area contributed by atoms with Crippen molar-refractivity contribution < 1.29 is 15.0 Å². The summed E-state index contributed by atoms with van der Waals surface area (Å²) in [5.41, 5.74) is 3.95. The number of nitrogens with one attached hydrogen (secondary N) is 2. The standard InChI is InChI=1S/C28H30N6O3S2/c35-22-13-16(17-7-1-3-9-19(17)22)15-29-27-33-31-24(38-27)11-5-6-12-25-32-34-28(39-25)30-26(37)21-14-23(36)20-10-4-2-8-18(20)21/h1-4,7-10,16,21-23,35-36H,5-6,11-15H2,(H,29,33)(H,30,34,37). The number of carbonyl (C=O) groups excluding carboxylic acids is 1. The molecule has 39 heavy (non-hydrogen) atoms. The minimum Gasteiger partial charge on any atom is -0.388 e. The quantitative estimate of drug-likeness (QED) is 0.204. The van der Waals surface area contributed by atoms with Crippen LogP contribution in [0.1, 0.15) is 82.0 Å². The van der Waals surface area contributed by atoms with Gasteiger partial charge in [0.1, 0.15) is 10.0 Å². The van der Waals surface area contributed by atoms with Crippen molar-refractivity contribution in [2.24, 2.45) is 0 Å². The molecule has 4 aromatic rings. The first-order chi connectivity index (χ1) is 19.0. The van der Waals surface area contributed by atoms with Crippen LogP contribution in [0.4, 0.5) is 10.3 Å². The minimum absolute atomic E-state index is 0.157. The number of rotatable bonds is 10. The summed E-state index contributed by atoms with van der Waals surface area (Å²) in [6.07, 6.45) is 3.63. The average molecular weight is 563 g/mol. The van der Waals surface area contributed by atoms with E-state index in [0.29, 0.717) is 11.6 Å². The Kier molecular flexibility index (Phi) is 7.64. The molecule has 4 atom stereocenters. The van der Waals surface area contributed by atoms with Crippen LogP contribution >= 0.6 is 22.7 Å². The number of hydrogen-bond donors (Lipinski definition) is 4. The van der Waals surface area contributed by atoms with Crippen LogP contribution in [0.25, 0.3) is 0 Å². The molecule has 2 aliphatic rings. The van der Waals surface area contributed by atoms with Gasteiger partial charge in [0, 0.05) is 25.3 Å². The van der Waals surface area contributed by atoms with Crippen LogP contribution in [0.15, 0.2) is 48.5 Å². The van der Waals surface area contributed by atoms with Gasteiger partial charge >= 0.3 is 0 Å². The summed E-state index contributed by atoms with van der Waals surface area (Å²) in [7, 11) is 0. The Labute approximate surface area is 234 Å². The number of aliphatic hydroxyl groups is 2. The second-order valence-corrected chi connectivity index (χ2v) is 12.2. The van der Waals surface area contributed by atoms with Crippen molar-refractivity contribution in [1.82, 2.24) is 20.4 Å². The van der Waals surface area contributed by atoms with Crippen LogP contribution < -0.4 is 10.6 Å². The molecule has 2 heterocycles. The van der Waals surface area contributed by atoms with Crippen molar-refractivity contribution in [2.75, 3.05) is 17.2 Å². The summed E-state index contributed by atoms with van der Waals surface area (Å²) in [4.78, 5) is 12.8. The van der Waals surface area contributed by atoms with E-state index in [-0.39, 0.29) is 17.7 Å². The molecule has 1 amide bonds. The Bertz CT molecular complexity index is 1460. The number of nitrogens with zero attached hydrogens (tertiary/aromatic N) is 4. The maximum absolute atomic E-state index is 12.8. The Morgan fingerprint density at radius 3 is 2.05 bits per heavy atom. The van der Waals surface area contributed by atoms with Gasteiger partial charge in [-0.3, -0.25) is 10.1 Å². The van der Waals surface area contributed by atoms with Gasteiger partial charge in [0.25, 0.3) is 0 Å². The van der Waals surface area contributed by atoms with E-state index in [1.807, 2.05) is 42.5 Å². The fourth-order valence-corrected chi connectivity index (χ4v) is 7.12. The van der Waals surface area contributed by atoms with Gasteiger partial charge in [0.2, 0.25) is 16.2 Å². The molecule has 0 radical (unpaired) electrons. The van der Waals surface area contributed by atoms with Crippen LogP contribution in [0.3, 0.4) is 0 Å². The molecule has 2 aromatic carbocycles. The zero-order valence-electron chi connectivity index (χ0n) is 21.3. The lowest BCUT2D eigenvalue weighted by Crippen LogP contribution is -2.19. The van der Waals surface area contributed by atoms with Gasteiger partial charge in [0.15, 0.2) is 0 Å². The first-order valence-electron chi connectivity index (χ1n) is 13.3. The van der Waals surface area contributed by atoms with Crippen LogP contribution in [0, 0.1) is 0 Å². The summed E-state index contributed by atoms with van der Waals surface area (Å²) in [5, 5.41) is 47.0. The largest absolute Gasteiger partial charge is 0.388 e. The number of unbranched alkanes of at least 4 members (excludes halogenated alkanes) is 1. The molecule has 0 spiro atoms. The highest BCUT2D eigenvalue weighted by atomic mass is 32.1. The Morgan fingerprint density at radius 1 is 0.769 bits per heavy atom. The molecular weight excluding hydrogens is 532 g/mol. The van der Waals surface area contributed by atoms with E-state index in [1.165, 1.54) is 16.9 Å². The van der Waals surface area contributed by atoms with Gasteiger partial charge < -0.3 is 15.5 Å². The minimum atomic E-state index is -0.611. The van der Waals surface area contributed by atoms with Crippen LogP contribution in [0.2, 0.25) is 0 Å². The highest BCUT2D eigenvalue weighted by molar-refractivity contribution is 7.15. The highest BCUT2D eigenvalue weighted by Gasteiger charge is 2.34. The normalized spacial score (nSPS) is 21.5. The third-order valence-corrected chi connectivity index (χ3v) is 9.34. The van der Waals surface area contributed by atoms with Gasteiger partial charge in [-0.1, -0.05) is 71.2 Å². The van der Waals surface area contributed by atoms with Crippen molar-refractivity contribution >= 4 is 38.8 Å². The number of anilines is 2. The van der Waals surface area contributed by atoms with Crippen molar-refractivity contribution in [3.8, 4) is 0 Å². The SMILES string of the molecule is O=C(Nc1nnc(CCCCc2nnc(NCC3CC(O)c4ccccc43)s2)s1)C1CC(O)c2ccccc21. The maximum Gasteiger partial charge on any atom is 0.233 e. The van der Waals surface area contributed by atoms with Crippen molar-refractivity contribution in [3.63, 3.8) is 0 Å². The Balaban J connectivity index is 0.931. The van der Waals surface area contributed by atoms with Crippen molar-refractivity contribution in [3.05, 3.63) is 80.8 Å². The van der Waals surface area contributed by atoms with Gasteiger partial charge in [-0.15, -0.1) is 20.4 Å². The topological polar surface area (TPSA) is 133 Å². The third kappa shape index (κ3) is 5.72. The average Bonchev–Trinajstić information content (AvgIpc) is 3.73. The zero-order chi connectivity index (χ0) is 26.8. The van der Waals surface area contributed by atoms with E-state index >= 15 is 0 Å². The molecule has 0 bridgehead atoms. The molecule has 9 nitrogen and oxygen atoms in total. The van der Waals surface area contributed by atoms with E-state index in [4.69, 9.17) is 0 Å². The molecule has 0 saturated carbocycles. The molecule has 4 unspecified atom stereocenters. The molecule has 11 heteroatoms. The van der Waals surface area contributed by atoms with Crippen LogP contribution in [0.5, 0.6) is 0 Å². The number of benzene rings is 2. The van der Waals surface area contributed by atoms with Gasteiger partial charge in [-0.05, 0) is 47.9 Å². The summed E-state index contributed by atoms with van der Waals surface area (Å²) in [5.74, 6) is -0.267. The van der Waals surface area contributed by atoms with E-state index in [0.717, 1.165) is 70.5 Å². The summed E-state index contributed by atoms with van der Waals surface area (Å²) in [6, 6.07) is 15.6. The molecule has 6 rings (SSSR count). The smallest absolute Gasteiger partial charge is 0.233 e. The second kappa shape index (κ2) is 11.5. The summed E-state index contributed by atoms with van der Waals surface area (Å²) >= 11 is 2.97. The Hall–Kier alpha value is -3.25. The number of hydrogen-bond acceptors (Lipinski definition) is 10. The van der Waals surface area contributed by atoms with Crippen molar-refractivity contribution in [1.29, 1.82) is 0 Å². The lowest BCUT2D eigenvalue weighted by Gasteiger charge is -2.11. The summed E-state index contributed by atoms with van der Waals surface area (Å²) < 4.78 is 0. The number of fused-ring (bicyclic) bond motifs is 2. The molecule has 0 saturated heterocycles. The van der Waals surface area contributed by atoms with E-state index < -0.39 is 12.2 Å². The number of carbonyl (C=O) groups is 1. The third-order valence-electron chi connectivity index (χ3n) is 7.50. The molecule has 0 fully saturated rings. The fraction of sp³-hybridized carbons (Fsp3) is 0.393. The first-order valence-corrected chi connectivity index (χ1v) is 14.9. The van der Waals surface area contributed by atoms with Crippen LogP contribution in [-0.4, -0.2) is 43.1 Å². The van der Waals surface area contributed by atoms with Crippen LogP contribution in [-0.2, 0) is 17.6 Å². The number of aliphatic hydroxyl groups excluding tert-OH is 2. The number of aromatic nitrogens is 4. The van der Waals surface area contributed by atoms with Gasteiger partial charge in [-0.2, -0.15) is 0 Å². The first kappa shape index (κ1) is 26.0. The molecule has 2 aliphatic carbocycles. The van der Waals surface area contributed by atoms with E-state index in [9.17, 15) is 15.0 Å². The van der Waals surface area contributed by atoms with Gasteiger partial charge in [0.05, 0.1) is 18.1 Å². The predicted octanol–water partition coefficient (Wildman–Crippen LogP) is 4.75. The number of amides is 1. The molecule has 202 valence electrons. The lowest BCUT2D eigenvalue weighted by molar-refractivity contribution is -0.117. The van der Waals surface area contributed by atoms with Gasteiger partial charge in [-0.25, -0.2) is 0 Å². The van der Waals surface area contributed by atoms with Crippen molar-refractivity contribution in [2.45, 2.75) is 62.6 Å². The summed E-state index contributed by atoms with van der Waals surface area (Å²) in [6.45, 7) is 0.729. The molecular formula is C28H30N6O3S2. The fourth-order valence-electron chi connectivity index (χ4n) is 5.55. The molecule has 4 N–H and O–H groups in total. The molecule has 0 aliphatic heterocycles. The highest BCUT2D eigenvalue weighted by Crippen LogP contribution is 2.41. The lowest BCUT2D eigenvalue weighted by atomic mass is 10.0. The maximum atomic E-state index is 12.8. The number of aryl methyl sites for hydroxylation is 2. The second-order valence-electron chi connectivity index (χ2n) is 10.1. The van der Waals surface area contributed by atoms with E-state index in [2.05, 4.69) is 37.1 Å². The zero-order valence-corrected chi connectivity index (χ0v) is 22.9.